The molecule has 0 aliphatic carbocycles. The minimum atomic E-state index is -0.748. The number of carbonyl (C=O) groups excluding carboxylic acids is 1. The Labute approximate surface area is 168 Å². The molecule has 1 aliphatic rings. The maximum Gasteiger partial charge on any atom is 0.332 e. The highest BCUT2D eigenvalue weighted by Crippen LogP contribution is 2.33. The summed E-state index contributed by atoms with van der Waals surface area (Å²) in [4.78, 5) is 43.6. The van der Waals surface area contributed by atoms with Crippen LogP contribution < -0.4 is 21.9 Å². The van der Waals surface area contributed by atoms with E-state index in [-0.39, 0.29) is 5.92 Å². The van der Waals surface area contributed by atoms with Gasteiger partial charge in [-0.15, -0.1) is 0 Å². The van der Waals surface area contributed by atoms with Gasteiger partial charge in [-0.1, -0.05) is 22.9 Å². The van der Waals surface area contributed by atoms with Gasteiger partial charge in [-0.2, -0.15) is 4.98 Å². The second-order valence-electron chi connectivity index (χ2n) is 7.09. The summed E-state index contributed by atoms with van der Waals surface area (Å²) in [6.07, 6.45) is 0. The summed E-state index contributed by atoms with van der Waals surface area (Å²) in [6, 6.07) is 7.82. The Hall–Kier alpha value is -2.88. The van der Waals surface area contributed by atoms with E-state index in [2.05, 4.69) is 27.8 Å². The molecule has 4 rings (SSSR count). The molecule has 0 radical (unpaired) electrons. The summed E-state index contributed by atoms with van der Waals surface area (Å²) < 4.78 is 4.94. The highest BCUT2D eigenvalue weighted by Gasteiger charge is 2.29. The van der Waals surface area contributed by atoms with Gasteiger partial charge in [0.1, 0.15) is 6.54 Å². The fourth-order valence-corrected chi connectivity index (χ4v) is 3.90. The molecule has 0 bridgehead atoms. The van der Waals surface area contributed by atoms with Gasteiger partial charge in [0, 0.05) is 30.3 Å². The lowest BCUT2D eigenvalue weighted by atomic mass is 10.1. The minimum Gasteiger partial charge on any atom is -0.368 e. The normalized spacial score (nSPS) is 16.4. The number of hydrogen-bond donors (Lipinski definition) is 1. The molecule has 3 aromatic rings. The zero-order chi connectivity index (χ0) is 20.2. The Morgan fingerprint density at radius 3 is 2.57 bits per heavy atom. The number of nitrogens with two attached hydrogens (primary N) is 1. The predicted molar refractivity (Wildman–Crippen MR) is 109 cm³/mol. The number of primary amides is 1. The molecular weight excluding hydrogens is 428 g/mol. The van der Waals surface area contributed by atoms with Crippen LogP contribution in [0.15, 0.2) is 38.3 Å². The van der Waals surface area contributed by atoms with Gasteiger partial charge in [-0.05, 0) is 30.2 Å². The largest absolute Gasteiger partial charge is 0.368 e. The molecule has 1 aromatic carbocycles. The van der Waals surface area contributed by atoms with Crippen LogP contribution in [0.4, 0.5) is 11.6 Å². The van der Waals surface area contributed by atoms with Crippen molar-refractivity contribution >= 4 is 44.6 Å². The van der Waals surface area contributed by atoms with Crippen molar-refractivity contribution < 1.29 is 4.79 Å². The second kappa shape index (κ2) is 6.62. The Morgan fingerprint density at radius 1 is 1.25 bits per heavy atom. The van der Waals surface area contributed by atoms with E-state index < -0.39 is 23.7 Å². The van der Waals surface area contributed by atoms with Crippen LogP contribution in [-0.2, 0) is 24.9 Å². The van der Waals surface area contributed by atoms with Crippen LogP contribution in [0, 0.1) is 5.92 Å². The number of halogens is 1. The molecule has 1 atom stereocenters. The molecule has 1 amide bonds. The molecule has 28 heavy (non-hydrogen) atoms. The topological polar surface area (TPSA) is 108 Å². The molecule has 0 saturated carbocycles. The molecule has 146 valence electrons. The Morgan fingerprint density at radius 2 is 1.93 bits per heavy atom. The smallest absolute Gasteiger partial charge is 0.332 e. The molecule has 3 heterocycles. The van der Waals surface area contributed by atoms with Gasteiger partial charge in [-0.3, -0.25) is 14.2 Å². The van der Waals surface area contributed by atoms with Gasteiger partial charge in [0.2, 0.25) is 11.9 Å². The van der Waals surface area contributed by atoms with Crippen molar-refractivity contribution in [2.45, 2.75) is 20.0 Å². The van der Waals surface area contributed by atoms with Crippen LogP contribution >= 0.6 is 15.9 Å². The van der Waals surface area contributed by atoms with Crippen molar-refractivity contribution in [3.05, 3.63) is 49.6 Å². The number of rotatable bonds is 3. The van der Waals surface area contributed by atoms with Gasteiger partial charge in [0.25, 0.3) is 5.56 Å². The number of hydrogen-bond acceptors (Lipinski definition) is 5. The van der Waals surface area contributed by atoms with Crippen molar-refractivity contribution in [2.75, 3.05) is 11.4 Å². The molecule has 9 nitrogen and oxygen atoms in total. The molecule has 10 heteroatoms. The second-order valence-corrected chi connectivity index (χ2v) is 8.00. The molecule has 0 fully saturated rings. The number of amides is 1. The number of nitrogens with zero attached hydrogens (tertiary/aromatic N) is 5. The van der Waals surface area contributed by atoms with Crippen molar-refractivity contribution in [2.24, 2.45) is 18.7 Å². The highest BCUT2D eigenvalue weighted by molar-refractivity contribution is 9.10. The molecule has 0 saturated heterocycles. The van der Waals surface area contributed by atoms with Crippen LogP contribution in [0.3, 0.4) is 0 Å². The van der Waals surface area contributed by atoms with E-state index in [1.54, 1.807) is 0 Å². The first kappa shape index (κ1) is 18.5. The Bertz CT molecular complexity index is 1210. The number of imidazole rings is 1. The van der Waals surface area contributed by atoms with E-state index in [9.17, 15) is 14.4 Å². The summed E-state index contributed by atoms with van der Waals surface area (Å²) in [7, 11) is 1.54. The lowest BCUT2D eigenvalue weighted by Crippen LogP contribution is -2.43. The number of aryl methyl sites for hydroxylation is 1. The SMILES string of the molecule is C[C@@H]1CN(c2ccc(Br)cc2)c2nc3c(c(=O)n(CC(N)=O)c(=O)n3C)n2C1. The van der Waals surface area contributed by atoms with Crippen LogP contribution in [0.1, 0.15) is 6.92 Å². The summed E-state index contributed by atoms with van der Waals surface area (Å²) in [5.41, 5.74) is 5.58. The maximum absolute atomic E-state index is 13.0. The third-order valence-electron chi connectivity index (χ3n) is 4.89. The summed E-state index contributed by atoms with van der Waals surface area (Å²) in [5, 5.41) is 0. The zero-order valence-corrected chi connectivity index (χ0v) is 17.0. The quantitative estimate of drug-likeness (QED) is 0.643. The molecule has 2 N–H and O–H groups in total. The van der Waals surface area contributed by atoms with Crippen LogP contribution in [-0.4, -0.2) is 31.1 Å². The van der Waals surface area contributed by atoms with E-state index >= 15 is 0 Å². The van der Waals surface area contributed by atoms with Crippen LogP contribution in [0.2, 0.25) is 0 Å². The molecular formula is C18H19BrN6O3. The van der Waals surface area contributed by atoms with E-state index in [0.717, 1.165) is 21.3 Å². The maximum atomic E-state index is 13.0. The average molecular weight is 447 g/mol. The monoisotopic (exact) mass is 446 g/mol. The van der Waals surface area contributed by atoms with E-state index in [1.165, 1.54) is 11.6 Å². The number of benzene rings is 1. The summed E-state index contributed by atoms with van der Waals surface area (Å²) in [6.45, 7) is 2.94. The minimum absolute atomic E-state index is 0.245. The Balaban J connectivity index is 2.00. The van der Waals surface area contributed by atoms with Crippen LogP contribution in [0.25, 0.3) is 11.2 Å². The third-order valence-corrected chi connectivity index (χ3v) is 5.42. The van der Waals surface area contributed by atoms with Gasteiger partial charge in [0.15, 0.2) is 11.2 Å². The van der Waals surface area contributed by atoms with Crippen molar-refractivity contribution in [1.29, 1.82) is 0 Å². The first-order valence-corrected chi connectivity index (χ1v) is 9.58. The summed E-state index contributed by atoms with van der Waals surface area (Å²) in [5.74, 6) is 0.0934. The van der Waals surface area contributed by atoms with Crippen molar-refractivity contribution in [3.63, 3.8) is 0 Å². The van der Waals surface area contributed by atoms with E-state index in [1.807, 2.05) is 33.7 Å². The first-order chi connectivity index (χ1) is 13.3. The Kier molecular flexibility index (Phi) is 4.37. The fraction of sp³-hybridized carbons (Fsp3) is 0.333. The van der Waals surface area contributed by atoms with Crippen molar-refractivity contribution in [1.82, 2.24) is 18.7 Å². The van der Waals surface area contributed by atoms with Gasteiger partial charge < -0.3 is 15.2 Å². The number of carbonyl (C=O) groups is 1. The lowest BCUT2D eigenvalue weighted by molar-refractivity contribution is -0.118. The number of aromatic nitrogens is 4. The molecule has 0 unspecified atom stereocenters. The van der Waals surface area contributed by atoms with Crippen molar-refractivity contribution in [3.8, 4) is 0 Å². The predicted octanol–water partition coefficient (Wildman–Crippen LogP) is 0.932. The molecule has 1 aliphatic heterocycles. The van der Waals surface area contributed by atoms with E-state index in [4.69, 9.17) is 5.73 Å². The fourth-order valence-electron chi connectivity index (χ4n) is 3.64. The summed E-state index contributed by atoms with van der Waals surface area (Å²) >= 11 is 3.44. The average Bonchev–Trinajstić information content (AvgIpc) is 3.03. The first-order valence-electron chi connectivity index (χ1n) is 8.79. The van der Waals surface area contributed by atoms with E-state index in [0.29, 0.717) is 23.7 Å². The number of anilines is 2. The van der Waals surface area contributed by atoms with Gasteiger partial charge >= 0.3 is 5.69 Å². The van der Waals surface area contributed by atoms with Crippen LogP contribution in [0.5, 0.6) is 0 Å². The zero-order valence-electron chi connectivity index (χ0n) is 15.4. The standard InChI is InChI=1S/C18H19BrN6O3/c1-10-7-23(12-5-3-11(19)4-6-12)17-21-15-14(24(17)8-10)16(27)25(9-13(20)26)18(28)22(15)2/h3-6,10H,7-9H2,1-2H3,(H2,20,26)/t10-/m1/s1. The highest BCUT2D eigenvalue weighted by atomic mass is 79.9. The number of fused-ring (bicyclic) bond motifs is 3. The van der Waals surface area contributed by atoms with Gasteiger partial charge in [-0.25, -0.2) is 9.36 Å². The lowest BCUT2D eigenvalue weighted by Gasteiger charge is -2.33. The third kappa shape index (κ3) is 2.84. The van der Waals surface area contributed by atoms with Gasteiger partial charge in [0.05, 0.1) is 0 Å². The molecule has 0 spiro atoms. The molecule has 2 aromatic heterocycles.